The maximum Gasteiger partial charge on any atom is 0.274 e. The van der Waals surface area contributed by atoms with Crippen molar-refractivity contribution in [3.63, 3.8) is 0 Å². The van der Waals surface area contributed by atoms with E-state index in [-0.39, 0.29) is 18.8 Å². The fourth-order valence-corrected chi connectivity index (χ4v) is 1.79. The van der Waals surface area contributed by atoms with Crippen molar-refractivity contribution in [1.82, 2.24) is 0 Å². The summed E-state index contributed by atoms with van der Waals surface area (Å²) in [5, 5.41) is 8.37. The molecule has 1 aromatic carbocycles. The minimum absolute atomic E-state index is 0.0575. The van der Waals surface area contributed by atoms with Gasteiger partial charge in [-0.3, -0.25) is 0 Å². The summed E-state index contributed by atoms with van der Waals surface area (Å²) >= 11 is 0. The summed E-state index contributed by atoms with van der Waals surface area (Å²) in [7, 11) is 0. The smallest absolute Gasteiger partial charge is 0.274 e. The molecule has 0 saturated carbocycles. The van der Waals surface area contributed by atoms with Crippen LogP contribution in [0.4, 0.5) is 8.78 Å². The Kier molecular flexibility index (Phi) is 2.88. The summed E-state index contributed by atoms with van der Waals surface area (Å²) in [6.45, 7) is 1.65. The molecule has 0 atom stereocenters. The van der Waals surface area contributed by atoms with Crippen LogP contribution in [-0.2, 0) is 5.92 Å². The maximum absolute atomic E-state index is 13.8. The molecular formula is C12H11F2NO2. The monoisotopic (exact) mass is 239 g/mol. The average molecular weight is 239 g/mol. The standard InChI is InChI=1S/C12H11F2NO2/c1-8-5-10-11(17-7-16-10)6-9(8)12(13,14)3-2-4-15/h5-6H,2-3,7H2,1H3. The highest BCUT2D eigenvalue weighted by molar-refractivity contribution is 5.49. The van der Waals surface area contributed by atoms with Crippen molar-refractivity contribution in [2.24, 2.45) is 0 Å². The van der Waals surface area contributed by atoms with Gasteiger partial charge >= 0.3 is 0 Å². The number of fused-ring (bicyclic) bond motifs is 1. The molecule has 0 fully saturated rings. The van der Waals surface area contributed by atoms with Crippen molar-refractivity contribution in [3.8, 4) is 17.6 Å². The molecule has 0 amide bonds. The van der Waals surface area contributed by atoms with E-state index >= 15 is 0 Å². The number of nitrogens with zero attached hydrogens (tertiary/aromatic N) is 1. The Morgan fingerprint density at radius 1 is 1.35 bits per heavy atom. The summed E-state index contributed by atoms with van der Waals surface area (Å²) in [4.78, 5) is 0. The van der Waals surface area contributed by atoms with Gasteiger partial charge in [-0.1, -0.05) is 0 Å². The van der Waals surface area contributed by atoms with Crippen molar-refractivity contribution in [2.75, 3.05) is 6.79 Å². The highest BCUT2D eigenvalue weighted by atomic mass is 19.3. The Labute approximate surface area is 97.6 Å². The summed E-state index contributed by atoms with van der Waals surface area (Å²) in [5.74, 6) is -2.19. The van der Waals surface area contributed by atoms with Gasteiger partial charge in [0.1, 0.15) is 0 Å². The van der Waals surface area contributed by atoms with E-state index in [9.17, 15) is 8.78 Å². The molecule has 0 aliphatic carbocycles. The van der Waals surface area contributed by atoms with Crippen LogP contribution in [0.3, 0.4) is 0 Å². The lowest BCUT2D eigenvalue weighted by Gasteiger charge is -2.18. The van der Waals surface area contributed by atoms with Gasteiger partial charge in [-0.25, -0.2) is 8.78 Å². The maximum atomic E-state index is 13.8. The number of alkyl halides is 2. The summed E-state index contributed by atoms with van der Waals surface area (Å²) in [6, 6.07) is 4.57. The molecule has 0 spiro atoms. The first-order valence-electron chi connectivity index (χ1n) is 5.20. The molecule has 1 aliphatic heterocycles. The lowest BCUT2D eigenvalue weighted by molar-refractivity contribution is -0.0127. The van der Waals surface area contributed by atoms with Gasteiger partial charge in [0.15, 0.2) is 11.5 Å². The molecule has 0 aromatic heterocycles. The lowest BCUT2D eigenvalue weighted by atomic mass is 9.98. The molecule has 5 heteroatoms. The van der Waals surface area contributed by atoms with Crippen molar-refractivity contribution in [2.45, 2.75) is 25.7 Å². The zero-order chi connectivity index (χ0) is 12.5. The van der Waals surface area contributed by atoms with Gasteiger partial charge in [0, 0.05) is 18.4 Å². The number of rotatable bonds is 3. The highest BCUT2D eigenvalue weighted by Gasteiger charge is 2.34. The fourth-order valence-electron chi connectivity index (χ4n) is 1.79. The zero-order valence-corrected chi connectivity index (χ0v) is 9.30. The molecule has 0 bridgehead atoms. The van der Waals surface area contributed by atoms with E-state index in [2.05, 4.69) is 0 Å². The second-order valence-electron chi connectivity index (χ2n) is 3.88. The van der Waals surface area contributed by atoms with Crippen molar-refractivity contribution in [3.05, 3.63) is 23.3 Å². The normalized spacial score (nSPS) is 13.5. The van der Waals surface area contributed by atoms with Gasteiger partial charge in [-0.15, -0.1) is 0 Å². The molecular weight excluding hydrogens is 228 g/mol. The Balaban J connectivity index is 2.35. The third-order valence-electron chi connectivity index (χ3n) is 2.66. The van der Waals surface area contributed by atoms with Crippen molar-refractivity contribution < 1.29 is 18.3 Å². The number of nitriles is 1. The second kappa shape index (κ2) is 4.21. The fraction of sp³-hybridized carbons (Fsp3) is 0.417. The van der Waals surface area contributed by atoms with E-state index in [1.54, 1.807) is 13.0 Å². The quantitative estimate of drug-likeness (QED) is 0.813. The molecule has 17 heavy (non-hydrogen) atoms. The van der Waals surface area contributed by atoms with Crippen LogP contribution in [-0.4, -0.2) is 6.79 Å². The van der Waals surface area contributed by atoms with Crippen LogP contribution in [0, 0.1) is 18.3 Å². The van der Waals surface area contributed by atoms with Gasteiger partial charge in [-0.05, 0) is 24.6 Å². The van der Waals surface area contributed by atoms with Crippen LogP contribution in [0.25, 0.3) is 0 Å². The Bertz CT molecular complexity index is 480. The van der Waals surface area contributed by atoms with Crippen LogP contribution >= 0.6 is 0 Å². The molecule has 0 N–H and O–H groups in total. The molecule has 1 aliphatic rings. The molecule has 0 saturated heterocycles. The van der Waals surface area contributed by atoms with E-state index in [0.717, 1.165) is 0 Å². The van der Waals surface area contributed by atoms with Gasteiger partial charge < -0.3 is 9.47 Å². The van der Waals surface area contributed by atoms with Crippen molar-refractivity contribution >= 4 is 0 Å². The highest BCUT2D eigenvalue weighted by Crippen LogP contribution is 2.42. The Morgan fingerprint density at radius 2 is 2.00 bits per heavy atom. The Hall–Kier alpha value is -1.83. The molecule has 0 radical (unpaired) electrons. The predicted octanol–water partition coefficient (Wildman–Crippen LogP) is 3.12. The van der Waals surface area contributed by atoms with E-state index in [1.807, 2.05) is 0 Å². The van der Waals surface area contributed by atoms with Crippen molar-refractivity contribution in [1.29, 1.82) is 5.26 Å². The topological polar surface area (TPSA) is 42.2 Å². The van der Waals surface area contributed by atoms with Crippen LogP contribution in [0.1, 0.15) is 24.0 Å². The number of aryl methyl sites for hydroxylation is 1. The number of hydrogen-bond donors (Lipinski definition) is 0. The third-order valence-corrected chi connectivity index (χ3v) is 2.66. The summed E-state index contributed by atoms with van der Waals surface area (Å²) < 4.78 is 37.8. The number of ether oxygens (including phenoxy) is 2. The molecule has 90 valence electrons. The van der Waals surface area contributed by atoms with Gasteiger partial charge in [0.25, 0.3) is 5.92 Å². The van der Waals surface area contributed by atoms with E-state index in [0.29, 0.717) is 17.1 Å². The molecule has 1 aromatic rings. The van der Waals surface area contributed by atoms with E-state index in [1.165, 1.54) is 12.1 Å². The van der Waals surface area contributed by atoms with E-state index < -0.39 is 12.3 Å². The summed E-state index contributed by atoms with van der Waals surface area (Å²) in [6.07, 6.45) is -0.662. The van der Waals surface area contributed by atoms with Crippen LogP contribution in [0.2, 0.25) is 0 Å². The van der Waals surface area contributed by atoms with Crippen LogP contribution in [0.15, 0.2) is 12.1 Å². The minimum atomic E-state index is -3.01. The number of benzene rings is 1. The predicted molar refractivity (Wildman–Crippen MR) is 56.0 cm³/mol. The van der Waals surface area contributed by atoms with Gasteiger partial charge in [-0.2, -0.15) is 5.26 Å². The zero-order valence-electron chi connectivity index (χ0n) is 9.30. The number of halogens is 2. The first kappa shape index (κ1) is 11.6. The first-order valence-corrected chi connectivity index (χ1v) is 5.20. The minimum Gasteiger partial charge on any atom is -0.454 e. The lowest BCUT2D eigenvalue weighted by Crippen LogP contribution is -2.14. The third kappa shape index (κ3) is 2.16. The average Bonchev–Trinajstić information content (AvgIpc) is 2.72. The molecule has 3 nitrogen and oxygen atoms in total. The van der Waals surface area contributed by atoms with Gasteiger partial charge in [0.2, 0.25) is 6.79 Å². The van der Waals surface area contributed by atoms with Crippen LogP contribution in [0.5, 0.6) is 11.5 Å². The largest absolute Gasteiger partial charge is 0.454 e. The number of hydrogen-bond acceptors (Lipinski definition) is 3. The SMILES string of the molecule is Cc1cc2c(cc1C(F)(F)CCC#N)OCO2. The van der Waals surface area contributed by atoms with Gasteiger partial charge in [0.05, 0.1) is 6.07 Å². The second-order valence-corrected chi connectivity index (χ2v) is 3.88. The Morgan fingerprint density at radius 3 is 2.65 bits per heavy atom. The molecule has 0 unspecified atom stereocenters. The van der Waals surface area contributed by atoms with E-state index in [4.69, 9.17) is 14.7 Å². The summed E-state index contributed by atoms with van der Waals surface area (Å²) in [5.41, 5.74) is 0.342. The first-order chi connectivity index (χ1) is 8.04. The molecule has 2 rings (SSSR count). The van der Waals surface area contributed by atoms with Crippen LogP contribution < -0.4 is 9.47 Å². The molecule has 1 heterocycles.